The summed E-state index contributed by atoms with van der Waals surface area (Å²) >= 11 is 0. The maximum Gasteiger partial charge on any atom is 0.237 e. The molecule has 4 nitrogen and oxygen atoms in total. The molecular weight excluding hydrogens is 190 g/mol. The molecule has 0 aromatic rings. The van der Waals surface area contributed by atoms with Gasteiger partial charge < -0.3 is 16.4 Å². The molecule has 0 aromatic carbocycles. The van der Waals surface area contributed by atoms with E-state index >= 15 is 0 Å². The first-order valence-electron chi connectivity index (χ1n) is 5.84. The molecule has 4 heteroatoms. The van der Waals surface area contributed by atoms with E-state index < -0.39 is 5.54 Å². The van der Waals surface area contributed by atoms with Crippen molar-refractivity contribution in [1.82, 2.24) is 4.90 Å². The highest BCUT2D eigenvalue weighted by atomic mass is 16.1. The van der Waals surface area contributed by atoms with Crippen LogP contribution in [0.25, 0.3) is 0 Å². The number of carbonyl (C=O) groups is 1. The van der Waals surface area contributed by atoms with Gasteiger partial charge in [-0.25, -0.2) is 0 Å². The maximum absolute atomic E-state index is 11.3. The summed E-state index contributed by atoms with van der Waals surface area (Å²) in [5, 5.41) is 0. The second-order valence-corrected chi connectivity index (χ2v) is 5.17. The molecule has 2 saturated carbocycles. The molecule has 0 saturated heterocycles. The average molecular weight is 211 g/mol. The van der Waals surface area contributed by atoms with Gasteiger partial charge in [0.1, 0.15) is 0 Å². The van der Waals surface area contributed by atoms with Gasteiger partial charge in [-0.15, -0.1) is 0 Å². The van der Waals surface area contributed by atoms with Gasteiger partial charge in [0.05, 0.1) is 5.54 Å². The van der Waals surface area contributed by atoms with Crippen LogP contribution in [0.5, 0.6) is 0 Å². The zero-order valence-corrected chi connectivity index (χ0v) is 9.41. The predicted octanol–water partition coefficient (Wildman–Crippen LogP) is 0.206. The summed E-state index contributed by atoms with van der Waals surface area (Å²) in [5.74, 6) is -0.337. The number of amides is 1. The first kappa shape index (κ1) is 10.9. The molecule has 2 rings (SSSR count). The Morgan fingerprint density at radius 3 is 2.53 bits per heavy atom. The van der Waals surface area contributed by atoms with Crippen molar-refractivity contribution in [2.45, 2.75) is 56.1 Å². The Bertz CT molecular complexity index is 265. The molecule has 2 unspecified atom stereocenters. The quantitative estimate of drug-likeness (QED) is 0.700. The Balaban J connectivity index is 1.99. The van der Waals surface area contributed by atoms with Crippen LogP contribution in [0.1, 0.15) is 38.5 Å². The highest BCUT2D eigenvalue weighted by Gasteiger charge is 2.41. The minimum Gasteiger partial charge on any atom is -0.368 e. The highest BCUT2D eigenvalue weighted by molar-refractivity contribution is 5.84. The summed E-state index contributed by atoms with van der Waals surface area (Å²) in [7, 11) is 2.15. The summed E-state index contributed by atoms with van der Waals surface area (Å²) in [6, 6.07) is 1.17. The standard InChI is InChI=1S/C11H21N3O/c1-14(8-4-5-8)9-3-2-6-11(13,7-9)10(12)15/h8-9H,2-7,13H2,1H3,(H2,12,15). The predicted molar refractivity (Wildman–Crippen MR) is 59.2 cm³/mol. The lowest BCUT2D eigenvalue weighted by Crippen LogP contribution is -2.58. The Hall–Kier alpha value is -0.610. The van der Waals surface area contributed by atoms with Crippen molar-refractivity contribution in [2.24, 2.45) is 11.5 Å². The van der Waals surface area contributed by atoms with Crippen LogP contribution in [0.2, 0.25) is 0 Å². The van der Waals surface area contributed by atoms with E-state index in [-0.39, 0.29) is 5.91 Å². The van der Waals surface area contributed by atoms with E-state index in [0.717, 1.165) is 31.7 Å². The van der Waals surface area contributed by atoms with Crippen LogP contribution in [0.3, 0.4) is 0 Å². The molecule has 0 aliphatic heterocycles. The second kappa shape index (κ2) is 3.76. The van der Waals surface area contributed by atoms with E-state index in [1.165, 1.54) is 12.8 Å². The van der Waals surface area contributed by atoms with Gasteiger partial charge in [-0.05, 0) is 45.6 Å². The van der Waals surface area contributed by atoms with E-state index in [1.807, 2.05) is 0 Å². The normalized spacial score (nSPS) is 36.9. The minimum absolute atomic E-state index is 0.337. The van der Waals surface area contributed by atoms with Crippen LogP contribution in [-0.2, 0) is 4.79 Å². The molecule has 2 aliphatic carbocycles. The third-order valence-corrected chi connectivity index (χ3v) is 3.95. The molecule has 86 valence electrons. The first-order valence-corrected chi connectivity index (χ1v) is 5.84. The Kier molecular flexibility index (Phi) is 2.73. The number of primary amides is 1. The monoisotopic (exact) mass is 211 g/mol. The number of hydrogen-bond donors (Lipinski definition) is 2. The largest absolute Gasteiger partial charge is 0.368 e. The van der Waals surface area contributed by atoms with Crippen molar-refractivity contribution < 1.29 is 4.79 Å². The van der Waals surface area contributed by atoms with Crippen molar-refractivity contribution in [2.75, 3.05) is 7.05 Å². The molecule has 1 amide bonds. The smallest absolute Gasteiger partial charge is 0.237 e. The second-order valence-electron chi connectivity index (χ2n) is 5.17. The van der Waals surface area contributed by atoms with Gasteiger partial charge in [0.2, 0.25) is 5.91 Å². The molecule has 15 heavy (non-hydrogen) atoms. The van der Waals surface area contributed by atoms with Crippen LogP contribution in [0.4, 0.5) is 0 Å². The summed E-state index contributed by atoms with van der Waals surface area (Å²) in [5.41, 5.74) is 10.7. The van der Waals surface area contributed by atoms with Crippen molar-refractivity contribution in [3.63, 3.8) is 0 Å². The van der Waals surface area contributed by atoms with Crippen LogP contribution >= 0.6 is 0 Å². The number of carbonyl (C=O) groups excluding carboxylic acids is 1. The van der Waals surface area contributed by atoms with E-state index in [2.05, 4.69) is 11.9 Å². The van der Waals surface area contributed by atoms with Crippen LogP contribution in [0, 0.1) is 0 Å². The van der Waals surface area contributed by atoms with Gasteiger partial charge in [0.15, 0.2) is 0 Å². The third kappa shape index (κ3) is 2.16. The summed E-state index contributed by atoms with van der Waals surface area (Å²) in [4.78, 5) is 13.7. The zero-order valence-electron chi connectivity index (χ0n) is 9.41. The van der Waals surface area contributed by atoms with Gasteiger partial charge in [0.25, 0.3) is 0 Å². The summed E-state index contributed by atoms with van der Waals surface area (Å²) in [6.45, 7) is 0. The van der Waals surface area contributed by atoms with Crippen LogP contribution in [0.15, 0.2) is 0 Å². The zero-order chi connectivity index (χ0) is 11.1. The average Bonchev–Trinajstić information content (AvgIpc) is 3.00. The van der Waals surface area contributed by atoms with Crippen molar-refractivity contribution in [3.8, 4) is 0 Å². The first-order chi connectivity index (χ1) is 7.03. The van der Waals surface area contributed by atoms with Gasteiger partial charge in [-0.2, -0.15) is 0 Å². The minimum atomic E-state index is -0.758. The van der Waals surface area contributed by atoms with E-state index in [0.29, 0.717) is 6.04 Å². The molecule has 0 spiro atoms. The lowest BCUT2D eigenvalue weighted by atomic mass is 9.78. The number of nitrogens with zero attached hydrogens (tertiary/aromatic N) is 1. The Morgan fingerprint density at radius 1 is 1.33 bits per heavy atom. The van der Waals surface area contributed by atoms with Crippen molar-refractivity contribution in [3.05, 3.63) is 0 Å². The number of rotatable bonds is 3. The molecule has 2 aliphatic rings. The van der Waals surface area contributed by atoms with Gasteiger partial charge >= 0.3 is 0 Å². The molecule has 0 radical (unpaired) electrons. The topological polar surface area (TPSA) is 72.3 Å². The van der Waals surface area contributed by atoms with Gasteiger partial charge in [-0.1, -0.05) is 0 Å². The maximum atomic E-state index is 11.3. The Morgan fingerprint density at radius 2 is 2.00 bits per heavy atom. The van der Waals surface area contributed by atoms with E-state index in [9.17, 15) is 4.79 Å². The Labute approximate surface area is 91.0 Å². The fraction of sp³-hybridized carbons (Fsp3) is 0.909. The molecular formula is C11H21N3O. The third-order valence-electron chi connectivity index (χ3n) is 3.95. The van der Waals surface area contributed by atoms with E-state index in [1.54, 1.807) is 0 Å². The molecule has 4 N–H and O–H groups in total. The fourth-order valence-corrected chi connectivity index (χ4v) is 2.63. The van der Waals surface area contributed by atoms with Crippen molar-refractivity contribution >= 4 is 5.91 Å². The lowest BCUT2D eigenvalue weighted by molar-refractivity contribution is -0.125. The van der Waals surface area contributed by atoms with Crippen molar-refractivity contribution in [1.29, 1.82) is 0 Å². The van der Waals surface area contributed by atoms with E-state index in [4.69, 9.17) is 11.5 Å². The molecule has 2 atom stereocenters. The SMILES string of the molecule is CN(C1CC1)C1CCCC(N)(C(N)=O)C1. The van der Waals surface area contributed by atoms with Crippen LogP contribution < -0.4 is 11.5 Å². The van der Waals surface area contributed by atoms with Gasteiger partial charge in [0, 0.05) is 12.1 Å². The molecule has 2 fully saturated rings. The molecule has 0 bridgehead atoms. The van der Waals surface area contributed by atoms with Gasteiger partial charge in [-0.3, -0.25) is 4.79 Å². The molecule has 0 heterocycles. The number of hydrogen-bond acceptors (Lipinski definition) is 3. The highest BCUT2D eigenvalue weighted by Crippen LogP contribution is 2.34. The van der Waals surface area contributed by atoms with Crippen LogP contribution in [-0.4, -0.2) is 35.5 Å². The lowest BCUT2D eigenvalue weighted by Gasteiger charge is -2.39. The summed E-state index contributed by atoms with van der Waals surface area (Å²) < 4.78 is 0. The molecule has 0 aromatic heterocycles. The summed E-state index contributed by atoms with van der Waals surface area (Å²) in [6.07, 6.45) is 6.23. The number of nitrogens with two attached hydrogens (primary N) is 2. The fourth-order valence-electron chi connectivity index (χ4n) is 2.63.